The van der Waals surface area contributed by atoms with E-state index in [0.29, 0.717) is 36.2 Å². The Morgan fingerprint density at radius 3 is 2.46 bits per heavy atom. The molecule has 0 radical (unpaired) electrons. The number of nitrogens with two attached hydrogens (primary N) is 1. The van der Waals surface area contributed by atoms with Crippen molar-refractivity contribution in [3.05, 3.63) is 59.7 Å². The van der Waals surface area contributed by atoms with Gasteiger partial charge in [-0.2, -0.15) is 13.2 Å². The van der Waals surface area contributed by atoms with Crippen LogP contribution in [0.2, 0.25) is 0 Å². The molecule has 4 rings (SSSR count). The van der Waals surface area contributed by atoms with Crippen molar-refractivity contribution in [1.82, 2.24) is 4.90 Å². The molecule has 2 N–H and O–H groups in total. The van der Waals surface area contributed by atoms with Crippen LogP contribution in [0.1, 0.15) is 28.8 Å². The van der Waals surface area contributed by atoms with Gasteiger partial charge in [0.05, 0.1) is 5.56 Å². The van der Waals surface area contributed by atoms with E-state index in [9.17, 15) is 18.0 Å². The van der Waals surface area contributed by atoms with Crippen LogP contribution in [0, 0.1) is 11.8 Å². The number of hydrogen-bond acceptors (Lipinski definition) is 3. The van der Waals surface area contributed by atoms with E-state index in [2.05, 4.69) is 0 Å². The Balaban J connectivity index is 1.49. The molecule has 3 atom stereocenters. The topological polar surface area (TPSA) is 55.6 Å². The second kappa shape index (κ2) is 7.13. The summed E-state index contributed by atoms with van der Waals surface area (Å²) < 4.78 is 44.1. The number of alkyl halides is 3. The number of nitrogens with zero attached hydrogens (tertiary/aromatic N) is 1. The van der Waals surface area contributed by atoms with Crippen molar-refractivity contribution in [2.45, 2.75) is 25.1 Å². The van der Waals surface area contributed by atoms with E-state index in [-0.39, 0.29) is 17.7 Å². The number of fused-ring (bicyclic) bond motifs is 1. The van der Waals surface area contributed by atoms with E-state index in [1.807, 2.05) is 4.90 Å². The van der Waals surface area contributed by atoms with Crippen molar-refractivity contribution in [1.29, 1.82) is 0 Å². The highest BCUT2D eigenvalue weighted by Crippen LogP contribution is 2.38. The second-order valence-corrected chi connectivity index (χ2v) is 7.53. The van der Waals surface area contributed by atoms with Gasteiger partial charge in [0.15, 0.2) is 0 Å². The summed E-state index contributed by atoms with van der Waals surface area (Å²) in [5, 5.41) is 0. The van der Waals surface area contributed by atoms with E-state index in [4.69, 9.17) is 10.5 Å². The van der Waals surface area contributed by atoms with Gasteiger partial charge < -0.3 is 15.4 Å². The zero-order valence-electron chi connectivity index (χ0n) is 15.2. The predicted molar refractivity (Wildman–Crippen MR) is 98.1 cm³/mol. The number of amides is 1. The van der Waals surface area contributed by atoms with Crippen LogP contribution in [-0.4, -0.2) is 29.9 Å². The number of halogens is 3. The van der Waals surface area contributed by atoms with E-state index in [1.54, 1.807) is 24.3 Å². The van der Waals surface area contributed by atoms with E-state index in [1.165, 1.54) is 12.1 Å². The third-order valence-corrected chi connectivity index (χ3v) is 5.68. The lowest BCUT2D eigenvalue weighted by molar-refractivity contribution is -0.137. The summed E-state index contributed by atoms with van der Waals surface area (Å²) in [5.41, 5.74) is 5.81. The number of carbonyl (C=O) groups is 1. The molecule has 1 aliphatic carbocycles. The molecule has 1 amide bonds. The number of ether oxygens (including phenoxy) is 1. The molecule has 0 aromatic heterocycles. The molecular weight excluding hydrogens is 369 g/mol. The number of rotatable bonds is 3. The summed E-state index contributed by atoms with van der Waals surface area (Å²) in [4.78, 5) is 14.7. The minimum atomic E-state index is -4.44. The molecule has 1 heterocycles. The monoisotopic (exact) mass is 390 g/mol. The van der Waals surface area contributed by atoms with Gasteiger partial charge in [-0.25, -0.2) is 0 Å². The van der Waals surface area contributed by atoms with Gasteiger partial charge in [0, 0.05) is 24.7 Å². The van der Waals surface area contributed by atoms with Gasteiger partial charge in [0.2, 0.25) is 0 Å². The fraction of sp³-hybridized carbons (Fsp3) is 0.381. The largest absolute Gasteiger partial charge is 0.457 e. The molecule has 2 aliphatic rings. The van der Waals surface area contributed by atoms with E-state index < -0.39 is 11.7 Å². The molecule has 2 aromatic rings. The summed E-state index contributed by atoms with van der Waals surface area (Å²) in [7, 11) is 0. The van der Waals surface area contributed by atoms with Gasteiger partial charge in [0.1, 0.15) is 11.5 Å². The Morgan fingerprint density at radius 2 is 1.75 bits per heavy atom. The fourth-order valence-corrected chi connectivity index (χ4v) is 4.22. The first kappa shape index (κ1) is 18.8. The average Bonchev–Trinajstić information content (AvgIpc) is 3.23. The summed E-state index contributed by atoms with van der Waals surface area (Å²) in [6.45, 7) is 1.36. The highest BCUT2D eigenvalue weighted by atomic mass is 19.4. The minimum Gasteiger partial charge on any atom is -0.457 e. The first-order valence-corrected chi connectivity index (χ1v) is 9.31. The van der Waals surface area contributed by atoms with Gasteiger partial charge >= 0.3 is 6.18 Å². The third-order valence-electron chi connectivity index (χ3n) is 5.68. The van der Waals surface area contributed by atoms with Crippen molar-refractivity contribution >= 4 is 5.91 Å². The Hall–Kier alpha value is -2.54. The number of hydrogen-bond donors (Lipinski definition) is 1. The first-order valence-electron chi connectivity index (χ1n) is 9.31. The second-order valence-electron chi connectivity index (χ2n) is 7.53. The van der Waals surface area contributed by atoms with Crippen LogP contribution >= 0.6 is 0 Å². The standard InChI is InChI=1S/C21H21F3N2O2/c22-21(23,24)15-4-2-6-17(10-15)28-16-5-1-3-13(9-16)20(27)26-11-14-7-8-19(25)18(14)12-26/h1-6,9-10,14,18-19H,7-8,11-12,25H2. The lowest BCUT2D eigenvalue weighted by atomic mass is 9.98. The smallest absolute Gasteiger partial charge is 0.416 e. The predicted octanol–water partition coefficient (Wildman–Crippen LogP) is 4.31. The Kier molecular flexibility index (Phi) is 4.79. The molecule has 0 spiro atoms. The molecule has 2 fully saturated rings. The van der Waals surface area contributed by atoms with Crippen LogP contribution in [-0.2, 0) is 6.18 Å². The molecule has 7 heteroatoms. The highest BCUT2D eigenvalue weighted by molar-refractivity contribution is 5.94. The third kappa shape index (κ3) is 3.71. The van der Waals surface area contributed by atoms with Gasteiger partial charge in [-0.05, 0) is 61.1 Å². The highest BCUT2D eigenvalue weighted by Gasteiger charge is 2.42. The van der Waals surface area contributed by atoms with Crippen LogP contribution < -0.4 is 10.5 Å². The van der Waals surface area contributed by atoms with E-state index >= 15 is 0 Å². The molecule has 3 unspecified atom stereocenters. The zero-order chi connectivity index (χ0) is 19.9. The fourth-order valence-electron chi connectivity index (χ4n) is 4.22. The van der Waals surface area contributed by atoms with Gasteiger partial charge in [-0.1, -0.05) is 12.1 Å². The molecular formula is C21H21F3N2O2. The summed E-state index contributed by atoms with van der Waals surface area (Å²) in [6, 6.07) is 11.4. The first-order chi connectivity index (χ1) is 13.3. The molecule has 148 valence electrons. The SMILES string of the molecule is NC1CCC2CN(C(=O)c3cccc(Oc4cccc(C(F)(F)F)c4)c3)CC12. The molecule has 28 heavy (non-hydrogen) atoms. The zero-order valence-corrected chi connectivity index (χ0v) is 15.2. The normalized spacial score (nSPS) is 24.3. The van der Waals surface area contributed by atoms with Crippen molar-refractivity contribution in [2.24, 2.45) is 17.6 Å². The lowest BCUT2D eigenvalue weighted by Crippen LogP contribution is -2.33. The Labute approximate surface area is 161 Å². The van der Waals surface area contributed by atoms with Crippen molar-refractivity contribution in [3.63, 3.8) is 0 Å². The molecule has 1 saturated carbocycles. The summed E-state index contributed by atoms with van der Waals surface area (Å²) in [6.07, 6.45) is -2.38. The average molecular weight is 390 g/mol. The molecule has 2 aromatic carbocycles. The maximum absolute atomic E-state index is 12.9. The number of benzene rings is 2. The molecule has 0 bridgehead atoms. The maximum atomic E-state index is 12.9. The summed E-state index contributed by atoms with van der Waals surface area (Å²) >= 11 is 0. The summed E-state index contributed by atoms with van der Waals surface area (Å²) in [5.74, 6) is 1.11. The Morgan fingerprint density at radius 1 is 1.04 bits per heavy atom. The molecule has 1 saturated heterocycles. The van der Waals surface area contributed by atoms with Crippen molar-refractivity contribution in [2.75, 3.05) is 13.1 Å². The molecule has 4 nitrogen and oxygen atoms in total. The Bertz CT molecular complexity index is 884. The van der Waals surface area contributed by atoms with Gasteiger partial charge in [-0.3, -0.25) is 4.79 Å². The maximum Gasteiger partial charge on any atom is 0.416 e. The van der Waals surface area contributed by atoms with Crippen LogP contribution in [0.5, 0.6) is 11.5 Å². The van der Waals surface area contributed by atoms with Gasteiger partial charge in [0.25, 0.3) is 5.91 Å². The number of likely N-dealkylation sites (tertiary alicyclic amines) is 1. The number of carbonyl (C=O) groups excluding carboxylic acids is 1. The molecule has 1 aliphatic heterocycles. The van der Waals surface area contributed by atoms with Crippen molar-refractivity contribution < 1.29 is 22.7 Å². The van der Waals surface area contributed by atoms with Gasteiger partial charge in [-0.15, -0.1) is 0 Å². The minimum absolute atomic E-state index is 0.0705. The quantitative estimate of drug-likeness (QED) is 0.850. The van der Waals surface area contributed by atoms with E-state index in [0.717, 1.165) is 25.0 Å². The van der Waals surface area contributed by atoms with Crippen LogP contribution in [0.4, 0.5) is 13.2 Å². The van der Waals surface area contributed by atoms with Crippen molar-refractivity contribution in [3.8, 4) is 11.5 Å². The van der Waals surface area contributed by atoms with Crippen LogP contribution in [0.3, 0.4) is 0 Å². The lowest BCUT2D eigenvalue weighted by Gasteiger charge is -2.19. The van der Waals surface area contributed by atoms with Crippen LogP contribution in [0.25, 0.3) is 0 Å². The van der Waals surface area contributed by atoms with Crippen LogP contribution in [0.15, 0.2) is 48.5 Å².